The van der Waals surface area contributed by atoms with Crippen LogP contribution in [0.3, 0.4) is 0 Å². The molecule has 0 saturated carbocycles. The van der Waals surface area contributed by atoms with Crippen molar-refractivity contribution in [3.05, 3.63) is 53.6 Å². The Labute approximate surface area is 129 Å². The lowest BCUT2D eigenvalue weighted by Crippen LogP contribution is -2.32. The van der Waals surface area contributed by atoms with E-state index in [1.807, 2.05) is 0 Å². The summed E-state index contributed by atoms with van der Waals surface area (Å²) < 4.78 is 27.9. The lowest BCUT2D eigenvalue weighted by Gasteiger charge is -2.13. The number of hydrogen-bond acceptors (Lipinski definition) is 2. The molecule has 0 radical (unpaired) electrons. The van der Waals surface area contributed by atoms with E-state index in [0.29, 0.717) is 0 Å². The van der Waals surface area contributed by atoms with Crippen molar-refractivity contribution in [2.45, 2.75) is 32.6 Å². The van der Waals surface area contributed by atoms with Gasteiger partial charge in [-0.3, -0.25) is 0 Å². The van der Waals surface area contributed by atoms with Crippen molar-refractivity contribution in [3.8, 4) is 11.1 Å². The summed E-state index contributed by atoms with van der Waals surface area (Å²) in [4.78, 5) is 0. The topological polar surface area (TPSA) is 40.5 Å². The van der Waals surface area contributed by atoms with Crippen LogP contribution in [0.1, 0.15) is 31.7 Å². The summed E-state index contributed by atoms with van der Waals surface area (Å²) in [5, 5.41) is 19.1. The molecule has 0 aliphatic rings. The molecule has 0 unspecified atom stereocenters. The van der Waals surface area contributed by atoms with Gasteiger partial charge in [0, 0.05) is 0 Å². The first kappa shape index (κ1) is 16.7. The molecular weight excluding hydrogens is 285 g/mol. The van der Waals surface area contributed by atoms with Crippen molar-refractivity contribution < 1.29 is 18.8 Å². The van der Waals surface area contributed by atoms with Gasteiger partial charge in [0.25, 0.3) is 0 Å². The van der Waals surface area contributed by atoms with Crippen LogP contribution in [-0.2, 0) is 6.42 Å². The first-order valence-corrected chi connectivity index (χ1v) is 7.48. The van der Waals surface area contributed by atoms with E-state index in [0.717, 1.165) is 43.4 Å². The van der Waals surface area contributed by atoms with Gasteiger partial charge in [0.15, 0.2) is 0 Å². The van der Waals surface area contributed by atoms with E-state index >= 15 is 0 Å². The molecule has 2 aromatic carbocycles. The van der Waals surface area contributed by atoms with Crippen molar-refractivity contribution in [2.75, 3.05) is 0 Å². The normalized spacial score (nSPS) is 10.8. The minimum atomic E-state index is -1.78. The van der Waals surface area contributed by atoms with Crippen LogP contribution in [-0.4, -0.2) is 17.2 Å². The Balaban J connectivity index is 2.43. The van der Waals surface area contributed by atoms with Crippen LogP contribution in [0.2, 0.25) is 0 Å². The number of hydrogen-bond donors (Lipinski definition) is 2. The van der Waals surface area contributed by atoms with E-state index in [2.05, 4.69) is 6.92 Å². The highest BCUT2D eigenvalue weighted by molar-refractivity contribution is 6.60. The predicted octanol–water partition coefficient (Wildman–Crippen LogP) is 3.04. The summed E-state index contributed by atoms with van der Waals surface area (Å²) in [5.74, 6) is -1.44. The standard InChI is InChI=1S/C17H19BF2O2/c1-2-3-4-6-12-9-10-13(14(11-12)18(21)22)17-15(19)7-5-8-16(17)20/h5,7-11,21-22H,2-4,6H2,1H3. The van der Waals surface area contributed by atoms with E-state index in [-0.39, 0.29) is 16.6 Å². The van der Waals surface area contributed by atoms with Crippen molar-refractivity contribution in [1.82, 2.24) is 0 Å². The maximum absolute atomic E-state index is 13.9. The number of unbranched alkanes of at least 4 members (excludes halogenated alkanes) is 2. The Morgan fingerprint density at radius 2 is 1.68 bits per heavy atom. The molecule has 0 fully saturated rings. The van der Waals surface area contributed by atoms with Gasteiger partial charge >= 0.3 is 7.12 Å². The number of rotatable bonds is 6. The van der Waals surface area contributed by atoms with E-state index in [1.54, 1.807) is 18.2 Å². The quantitative estimate of drug-likeness (QED) is 0.636. The van der Waals surface area contributed by atoms with Gasteiger partial charge < -0.3 is 10.0 Å². The zero-order valence-corrected chi connectivity index (χ0v) is 12.5. The molecular formula is C17H19BF2O2. The Morgan fingerprint density at radius 3 is 2.27 bits per heavy atom. The molecule has 0 aliphatic heterocycles. The van der Waals surface area contributed by atoms with Gasteiger partial charge in [-0.15, -0.1) is 0 Å². The minimum Gasteiger partial charge on any atom is -0.423 e. The minimum absolute atomic E-state index is 0.123. The lowest BCUT2D eigenvalue weighted by molar-refractivity contribution is 0.426. The monoisotopic (exact) mass is 304 g/mol. The second kappa shape index (κ2) is 7.52. The zero-order chi connectivity index (χ0) is 16.1. The smallest absolute Gasteiger partial charge is 0.423 e. The number of aryl methyl sites for hydroxylation is 1. The van der Waals surface area contributed by atoms with Gasteiger partial charge in [0.05, 0.1) is 5.56 Å². The highest BCUT2D eigenvalue weighted by Gasteiger charge is 2.21. The molecule has 0 heterocycles. The molecule has 116 valence electrons. The molecule has 5 heteroatoms. The van der Waals surface area contributed by atoms with Crippen LogP contribution in [0.25, 0.3) is 11.1 Å². The lowest BCUT2D eigenvalue weighted by atomic mass is 9.74. The fourth-order valence-electron chi connectivity index (χ4n) is 2.54. The third-order valence-electron chi connectivity index (χ3n) is 3.70. The van der Waals surface area contributed by atoms with E-state index in [1.165, 1.54) is 6.07 Å². The summed E-state index contributed by atoms with van der Waals surface area (Å²) >= 11 is 0. The summed E-state index contributed by atoms with van der Waals surface area (Å²) in [6.07, 6.45) is 3.97. The predicted molar refractivity (Wildman–Crippen MR) is 84.8 cm³/mol. The Kier molecular flexibility index (Phi) is 5.69. The van der Waals surface area contributed by atoms with Crippen LogP contribution >= 0.6 is 0 Å². The summed E-state index contributed by atoms with van der Waals surface area (Å²) in [6, 6.07) is 8.53. The number of benzene rings is 2. The van der Waals surface area contributed by atoms with Crippen molar-refractivity contribution in [2.24, 2.45) is 0 Å². The highest BCUT2D eigenvalue weighted by atomic mass is 19.1. The van der Waals surface area contributed by atoms with Gasteiger partial charge in [-0.1, -0.05) is 44.0 Å². The molecule has 0 aromatic heterocycles. The zero-order valence-electron chi connectivity index (χ0n) is 12.5. The van der Waals surface area contributed by atoms with Crippen molar-refractivity contribution in [3.63, 3.8) is 0 Å². The molecule has 0 amide bonds. The Hall–Kier alpha value is -1.72. The van der Waals surface area contributed by atoms with Crippen molar-refractivity contribution in [1.29, 1.82) is 0 Å². The summed E-state index contributed by atoms with van der Waals surface area (Å²) in [6.45, 7) is 2.10. The molecule has 0 aliphatic carbocycles. The Morgan fingerprint density at radius 1 is 1.00 bits per heavy atom. The van der Waals surface area contributed by atoms with E-state index in [4.69, 9.17) is 0 Å². The van der Waals surface area contributed by atoms with Gasteiger partial charge in [-0.2, -0.15) is 0 Å². The summed E-state index contributed by atoms with van der Waals surface area (Å²) in [5.41, 5.74) is 0.991. The largest absolute Gasteiger partial charge is 0.489 e. The van der Waals surface area contributed by atoms with Crippen LogP contribution in [0.4, 0.5) is 8.78 Å². The van der Waals surface area contributed by atoms with Crippen LogP contribution in [0, 0.1) is 11.6 Å². The molecule has 0 atom stereocenters. The molecule has 0 spiro atoms. The maximum atomic E-state index is 13.9. The van der Waals surface area contributed by atoms with Gasteiger partial charge in [0.2, 0.25) is 0 Å². The molecule has 22 heavy (non-hydrogen) atoms. The molecule has 0 bridgehead atoms. The van der Waals surface area contributed by atoms with E-state index < -0.39 is 18.8 Å². The first-order valence-electron chi connectivity index (χ1n) is 7.48. The van der Waals surface area contributed by atoms with Crippen LogP contribution in [0.15, 0.2) is 36.4 Å². The SMILES string of the molecule is CCCCCc1ccc(-c2c(F)cccc2F)c(B(O)O)c1. The second-order valence-electron chi connectivity index (χ2n) is 5.35. The third-order valence-corrected chi connectivity index (χ3v) is 3.70. The third kappa shape index (κ3) is 3.73. The maximum Gasteiger partial charge on any atom is 0.489 e. The van der Waals surface area contributed by atoms with E-state index in [9.17, 15) is 18.8 Å². The van der Waals surface area contributed by atoms with Crippen LogP contribution in [0.5, 0.6) is 0 Å². The number of halogens is 2. The second-order valence-corrected chi connectivity index (χ2v) is 5.35. The summed E-state index contributed by atoms with van der Waals surface area (Å²) in [7, 11) is -1.78. The molecule has 2 aromatic rings. The van der Waals surface area contributed by atoms with Crippen LogP contribution < -0.4 is 5.46 Å². The fourth-order valence-corrected chi connectivity index (χ4v) is 2.54. The molecule has 2 nitrogen and oxygen atoms in total. The van der Waals surface area contributed by atoms with Gasteiger partial charge in [-0.05, 0) is 41.6 Å². The molecule has 2 N–H and O–H groups in total. The van der Waals surface area contributed by atoms with Gasteiger partial charge in [-0.25, -0.2) is 8.78 Å². The average molecular weight is 304 g/mol. The fraction of sp³-hybridized carbons (Fsp3) is 0.294. The first-order chi connectivity index (χ1) is 10.5. The molecule has 0 saturated heterocycles. The van der Waals surface area contributed by atoms with Gasteiger partial charge in [0.1, 0.15) is 11.6 Å². The average Bonchev–Trinajstić information content (AvgIpc) is 2.48. The van der Waals surface area contributed by atoms with Crippen molar-refractivity contribution >= 4 is 12.6 Å². The highest BCUT2D eigenvalue weighted by Crippen LogP contribution is 2.25. The molecule has 2 rings (SSSR count). The Bertz CT molecular complexity index is 624.